The average Bonchev–Trinajstić information content (AvgIpc) is 2.29. The summed E-state index contributed by atoms with van der Waals surface area (Å²) in [6.07, 6.45) is 7.54. The molecule has 1 saturated carbocycles. The molecule has 2 rings (SSSR count). The molecule has 1 heteroatoms. The van der Waals surface area contributed by atoms with E-state index in [1.54, 1.807) is 5.57 Å². The van der Waals surface area contributed by atoms with Crippen LogP contribution in [-0.4, -0.2) is 12.3 Å². The van der Waals surface area contributed by atoms with Gasteiger partial charge in [0.05, 0.1) is 5.54 Å². The minimum absolute atomic E-state index is 0.145. The van der Waals surface area contributed by atoms with Crippen LogP contribution in [0.3, 0.4) is 0 Å². The fourth-order valence-corrected chi connectivity index (χ4v) is 4.01. The SMILES string of the molecule is C=N[C@]1(C)CC[C@@H]2C(C)=CC[C@H](C(C)C)[C@@H]2C1. The quantitative estimate of drug-likeness (QED) is 0.492. The van der Waals surface area contributed by atoms with Crippen molar-refractivity contribution in [2.75, 3.05) is 0 Å². The second-order valence-electron chi connectivity index (χ2n) is 6.76. The average molecular weight is 233 g/mol. The predicted molar refractivity (Wildman–Crippen MR) is 75.5 cm³/mol. The molecule has 0 N–H and O–H groups in total. The lowest BCUT2D eigenvalue weighted by Gasteiger charge is -2.47. The van der Waals surface area contributed by atoms with E-state index in [2.05, 4.69) is 45.5 Å². The van der Waals surface area contributed by atoms with E-state index < -0.39 is 0 Å². The van der Waals surface area contributed by atoms with E-state index in [9.17, 15) is 0 Å². The molecule has 0 heterocycles. The molecule has 0 bridgehead atoms. The number of hydrogen-bond donors (Lipinski definition) is 0. The molecular formula is C16H27N. The first-order valence-corrected chi connectivity index (χ1v) is 7.11. The van der Waals surface area contributed by atoms with Gasteiger partial charge in [0.2, 0.25) is 0 Å². The van der Waals surface area contributed by atoms with E-state index in [0.29, 0.717) is 0 Å². The summed E-state index contributed by atoms with van der Waals surface area (Å²) >= 11 is 0. The minimum atomic E-state index is 0.145. The second kappa shape index (κ2) is 4.59. The van der Waals surface area contributed by atoms with Gasteiger partial charge in [-0.1, -0.05) is 25.5 Å². The number of nitrogens with zero attached hydrogens (tertiary/aromatic N) is 1. The molecule has 2 aliphatic carbocycles. The Morgan fingerprint density at radius 3 is 2.76 bits per heavy atom. The third-order valence-corrected chi connectivity index (χ3v) is 5.27. The van der Waals surface area contributed by atoms with Crippen molar-refractivity contribution in [1.29, 1.82) is 0 Å². The molecule has 1 fully saturated rings. The smallest absolute Gasteiger partial charge is 0.0576 e. The lowest BCUT2D eigenvalue weighted by atomic mass is 9.59. The Morgan fingerprint density at radius 1 is 1.47 bits per heavy atom. The minimum Gasteiger partial charge on any atom is -0.295 e. The molecule has 2 aliphatic rings. The van der Waals surface area contributed by atoms with Crippen molar-refractivity contribution in [2.24, 2.45) is 28.7 Å². The van der Waals surface area contributed by atoms with Crippen molar-refractivity contribution in [3.05, 3.63) is 11.6 Å². The molecule has 0 spiro atoms. The van der Waals surface area contributed by atoms with Crippen LogP contribution in [0.2, 0.25) is 0 Å². The highest BCUT2D eigenvalue weighted by Crippen LogP contribution is 2.50. The van der Waals surface area contributed by atoms with Crippen LogP contribution in [0.4, 0.5) is 0 Å². The first-order valence-electron chi connectivity index (χ1n) is 7.11. The molecule has 0 aromatic heterocycles. The predicted octanol–water partition coefficient (Wildman–Crippen LogP) is 4.48. The monoisotopic (exact) mass is 233 g/mol. The van der Waals surface area contributed by atoms with Crippen LogP contribution < -0.4 is 0 Å². The fourth-order valence-electron chi connectivity index (χ4n) is 4.01. The van der Waals surface area contributed by atoms with E-state index in [0.717, 1.165) is 23.7 Å². The normalized spacial score (nSPS) is 41.9. The van der Waals surface area contributed by atoms with Crippen molar-refractivity contribution in [1.82, 2.24) is 0 Å². The summed E-state index contributed by atoms with van der Waals surface area (Å²) < 4.78 is 0. The Bertz CT molecular complexity index is 328. The summed E-state index contributed by atoms with van der Waals surface area (Å²) in [7, 11) is 0. The van der Waals surface area contributed by atoms with Gasteiger partial charge in [-0.3, -0.25) is 4.99 Å². The molecule has 0 aromatic rings. The third-order valence-electron chi connectivity index (χ3n) is 5.27. The maximum Gasteiger partial charge on any atom is 0.0576 e. The van der Waals surface area contributed by atoms with E-state index in [4.69, 9.17) is 0 Å². The van der Waals surface area contributed by atoms with Gasteiger partial charge in [-0.15, -0.1) is 0 Å². The zero-order chi connectivity index (χ0) is 12.6. The number of hydrogen-bond acceptors (Lipinski definition) is 1. The summed E-state index contributed by atoms with van der Waals surface area (Å²) in [4.78, 5) is 4.42. The third kappa shape index (κ3) is 2.34. The molecule has 0 aliphatic heterocycles. The Kier molecular flexibility index (Phi) is 3.47. The molecule has 4 atom stereocenters. The molecule has 17 heavy (non-hydrogen) atoms. The lowest BCUT2D eigenvalue weighted by molar-refractivity contribution is 0.0955. The van der Waals surface area contributed by atoms with Crippen molar-refractivity contribution in [3.8, 4) is 0 Å². The van der Waals surface area contributed by atoms with E-state index in [-0.39, 0.29) is 5.54 Å². The van der Waals surface area contributed by atoms with E-state index in [1.165, 1.54) is 25.7 Å². The van der Waals surface area contributed by atoms with Gasteiger partial charge in [-0.25, -0.2) is 0 Å². The molecule has 0 saturated heterocycles. The van der Waals surface area contributed by atoms with Gasteiger partial charge in [-0.2, -0.15) is 0 Å². The fraction of sp³-hybridized carbons (Fsp3) is 0.812. The van der Waals surface area contributed by atoms with Gasteiger partial charge in [-0.05, 0) is 69.9 Å². The first-order chi connectivity index (χ1) is 7.97. The summed E-state index contributed by atoms with van der Waals surface area (Å²) in [6.45, 7) is 13.2. The van der Waals surface area contributed by atoms with Crippen LogP contribution in [0.5, 0.6) is 0 Å². The number of aliphatic imine (C=N–C) groups is 1. The molecule has 96 valence electrons. The lowest BCUT2D eigenvalue weighted by Crippen LogP contribution is -2.42. The Morgan fingerprint density at radius 2 is 2.18 bits per heavy atom. The second-order valence-corrected chi connectivity index (χ2v) is 6.76. The highest BCUT2D eigenvalue weighted by Gasteiger charge is 2.43. The Balaban J connectivity index is 2.24. The molecule has 0 unspecified atom stereocenters. The maximum atomic E-state index is 4.42. The summed E-state index contributed by atoms with van der Waals surface area (Å²) in [6, 6.07) is 0. The first kappa shape index (κ1) is 12.9. The van der Waals surface area contributed by atoms with Gasteiger partial charge in [0.25, 0.3) is 0 Å². The summed E-state index contributed by atoms with van der Waals surface area (Å²) in [5.74, 6) is 3.30. The van der Waals surface area contributed by atoms with Gasteiger partial charge in [0.1, 0.15) is 0 Å². The van der Waals surface area contributed by atoms with Crippen LogP contribution >= 0.6 is 0 Å². The van der Waals surface area contributed by atoms with Crippen molar-refractivity contribution >= 4 is 6.72 Å². The van der Waals surface area contributed by atoms with E-state index in [1.807, 2.05) is 0 Å². The van der Waals surface area contributed by atoms with Crippen LogP contribution in [0, 0.1) is 23.7 Å². The zero-order valence-electron chi connectivity index (χ0n) is 11.9. The standard InChI is InChI=1S/C16H27N/c1-11(2)13-7-6-12(3)14-8-9-16(4,17-5)10-15(13)14/h6,11,13-15H,5,7-10H2,1-4H3/t13-,14-,15+,16-/m1/s1. The van der Waals surface area contributed by atoms with Crippen molar-refractivity contribution < 1.29 is 0 Å². The largest absolute Gasteiger partial charge is 0.295 e. The van der Waals surface area contributed by atoms with Crippen molar-refractivity contribution in [2.45, 2.75) is 58.9 Å². The Hall–Kier alpha value is -0.590. The number of fused-ring (bicyclic) bond motifs is 1. The summed E-state index contributed by atoms with van der Waals surface area (Å²) in [5, 5.41) is 0. The molecule has 0 amide bonds. The van der Waals surface area contributed by atoms with Crippen LogP contribution in [-0.2, 0) is 0 Å². The highest BCUT2D eigenvalue weighted by molar-refractivity contribution is 5.27. The molecule has 0 aromatic carbocycles. The molecule has 0 radical (unpaired) electrons. The van der Waals surface area contributed by atoms with Crippen molar-refractivity contribution in [3.63, 3.8) is 0 Å². The molecular weight excluding hydrogens is 206 g/mol. The zero-order valence-corrected chi connectivity index (χ0v) is 11.9. The van der Waals surface area contributed by atoms with Crippen LogP contribution in [0.1, 0.15) is 53.4 Å². The van der Waals surface area contributed by atoms with Crippen LogP contribution in [0.25, 0.3) is 0 Å². The van der Waals surface area contributed by atoms with Gasteiger partial charge in [0, 0.05) is 0 Å². The van der Waals surface area contributed by atoms with Crippen LogP contribution in [0.15, 0.2) is 16.6 Å². The van der Waals surface area contributed by atoms with Gasteiger partial charge < -0.3 is 0 Å². The van der Waals surface area contributed by atoms with Gasteiger partial charge in [0.15, 0.2) is 0 Å². The highest BCUT2D eigenvalue weighted by atomic mass is 14.8. The molecule has 1 nitrogen and oxygen atoms in total. The van der Waals surface area contributed by atoms with E-state index >= 15 is 0 Å². The number of allylic oxidation sites excluding steroid dienone is 2. The Labute approximate surface area is 106 Å². The maximum absolute atomic E-state index is 4.42. The summed E-state index contributed by atoms with van der Waals surface area (Å²) in [5.41, 5.74) is 1.78. The van der Waals surface area contributed by atoms with Gasteiger partial charge >= 0.3 is 0 Å². The number of rotatable bonds is 2. The topological polar surface area (TPSA) is 12.4 Å².